The van der Waals surface area contributed by atoms with E-state index in [0.717, 1.165) is 30.0 Å². The van der Waals surface area contributed by atoms with Crippen LogP contribution in [-0.4, -0.2) is 38.2 Å². The van der Waals surface area contributed by atoms with E-state index in [0.29, 0.717) is 12.2 Å². The lowest BCUT2D eigenvalue weighted by molar-refractivity contribution is -0.123. The number of benzene rings is 1. The average Bonchev–Trinajstić information content (AvgIpc) is 2.95. The molecule has 0 bridgehead atoms. The topological polar surface area (TPSA) is 48.0 Å². The molecule has 5 heteroatoms. The number of Topliss-reactive ketones (excluding diaryl/α,β-unsaturated/α-hetero) is 1. The van der Waals surface area contributed by atoms with E-state index in [1.807, 2.05) is 19.9 Å². The molecule has 5 nitrogen and oxygen atoms in total. The molecule has 0 unspecified atom stereocenters. The predicted molar refractivity (Wildman–Crippen MR) is 82.7 cm³/mol. The number of carbonyl (C=O) groups is 1. The van der Waals surface area contributed by atoms with Crippen molar-refractivity contribution in [2.45, 2.75) is 32.7 Å². The quantitative estimate of drug-likeness (QED) is 0.855. The van der Waals surface area contributed by atoms with Crippen molar-refractivity contribution in [1.82, 2.24) is 4.90 Å². The Kier molecular flexibility index (Phi) is 4.00. The summed E-state index contributed by atoms with van der Waals surface area (Å²) >= 11 is 0. The Hall–Kier alpha value is -1.75. The number of likely N-dealkylation sites (N-methyl/N-ethyl adjacent to an activating group) is 1. The SMILES string of the molecule is COc1c2c(cc3c1[C@@H](CC(=O)C(C)C)N(C)CC3)OCO2. The van der Waals surface area contributed by atoms with Crippen LogP contribution in [0.3, 0.4) is 0 Å². The molecular formula is C17H23NO4. The van der Waals surface area contributed by atoms with Crippen LogP contribution in [0.2, 0.25) is 0 Å². The molecule has 22 heavy (non-hydrogen) atoms. The molecule has 0 fully saturated rings. The Balaban J connectivity index is 2.06. The summed E-state index contributed by atoms with van der Waals surface area (Å²) in [6, 6.07) is 2.07. The summed E-state index contributed by atoms with van der Waals surface area (Å²) < 4.78 is 16.7. The van der Waals surface area contributed by atoms with Crippen molar-refractivity contribution in [3.63, 3.8) is 0 Å². The van der Waals surface area contributed by atoms with Gasteiger partial charge in [-0.3, -0.25) is 9.69 Å². The molecule has 120 valence electrons. The number of ether oxygens (including phenoxy) is 3. The Morgan fingerprint density at radius 1 is 1.45 bits per heavy atom. The maximum Gasteiger partial charge on any atom is 0.231 e. The molecule has 0 spiro atoms. The highest BCUT2D eigenvalue weighted by molar-refractivity contribution is 5.81. The van der Waals surface area contributed by atoms with E-state index in [9.17, 15) is 4.79 Å². The van der Waals surface area contributed by atoms with Gasteiger partial charge < -0.3 is 14.2 Å². The number of hydrogen-bond donors (Lipinski definition) is 0. The fourth-order valence-electron chi connectivity index (χ4n) is 3.21. The predicted octanol–water partition coefficient (Wildman–Crippen LogP) is 2.57. The molecule has 1 aromatic carbocycles. The van der Waals surface area contributed by atoms with Gasteiger partial charge in [-0.05, 0) is 25.1 Å². The Morgan fingerprint density at radius 2 is 2.23 bits per heavy atom. The first kappa shape index (κ1) is 15.2. The normalized spacial score (nSPS) is 20.1. The van der Waals surface area contributed by atoms with Gasteiger partial charge in [-0.15, -0.1) is 0 Å². The van der Waals surface area contributed by atoms with Gasteiger partial charge in [0.05, 0.1) is 7.11 Å². The number of fused-ring (bicyclic) bond motifs is 2. The number of hydrogen-bond acceptors (Lipinski definition) is 5. The van der Waals surface area contributed by atoms with Gasteiger partial charge in [0.15, 0.2) is 11.5 Å². The van der Waals surface area contributed by atoms with Crippen LogP contribution in [0.1, 0.15) is 37.4 Å². The van der Waals surface area contributed by atoms with E-state index >= 15 is 0 Å². The summed E-state index contributed by atoms with van der Waals surface area (Å²) in [5, 5.41) is 0. The smallest absolute Gasteiger partial charge is 0.231 e. The summed E-state index contributed by atoms with van der Waals surface area (Å²) in [4.78, 5) is 14.5. The minimum absolute atomic E-state index is 0.0306. The van der Waals surface area contributed by atoms with Crippen LogP contribution in [0.4, 0.5) is 0 Å². The highest BCUT2D eigenvalue weighted by Crippen LogP contribution is 2.50. The van der Waals surface area contributed by atoms with Gasteiger partial charge in [0.1, 0.15) is 5.78 Å². The molecule has 0 amide bonds. The third-order valence-corrected chi connectivity index (χ3v) is 4.59. The Labute approximate surface area is 131 Å². The molecule has 0 aromatic heterocycles. The maximum absolute atomic E-state index is 12.3. The molecule has 2 heterocycles. The molecule has 0 aliphatic carbocycles. The lowest BCUT2D eigenvalue weighted by Gasteiger charge is -2.35. The van der Waals surface area contributed by atoms with Crippen molar-refractivity contribution in [3.8, 4) is 17.2 Å². The van der Waals surface area contributed by atoms with Crippen LogP contribution in [-0.2, 0) is 11.2 Å². The number of carbonyl (C=O) groups excluding carboxylic acids is 1. The van der Waals surface area contributed by atoms with Gasteiger partial charge in [-0.25, -0.2) is 0 Å². The van der Waals surface area contributed by atoms with Crippen LogP contribution < -0.4 is 14.2 Å². The molecule has 0 N–H and O–H groups in total. The van der Waals surface area contributed by atoms with Crippen molar-refractivity contribution in [2.75, 3.05) is 27.5 Å². The Bertz CT molecular complexity index is 597. The molecule has 3 rings (SSSR count). The van der Waals surface area contributed by atoms with Gasteiger partial charge in [0.2, 0.25) is 12.5 Å². The lowest BCUT2D eigenvalue weighted by Crippen LogP contribution is -2.34. The molecule has 0 radical (unpaired) electrons. The number of methoxy groups -OCH3 is 1. The van der Waals surface area contributed by atoms with Crippen LogP contribution >= 0.6 is 0 Å². The van der Waals surface area contributed by atoms with E-state index in [1.54, 1.807) is 7.11 Å². The second kappa shape index (κ2) is 5.80. The number of ketones is 1. The van der Waals surface area contributed by atoms with Crippen molar-refractivity contribution in [3.05, 3.63) is 17.2 Å². The molecular weight excluding hydrogens is 282 g/mol. The van der Waals surface area contributed by atoms with Crippen molar-refractivity contribution in [2.24, 2.45) is 5.92 Å². The van der Waals surface area contributed by atoms with E-state index < -0.39 is 0 Å². The summed E-state index contributed by atoms with van der Waals surface area (Å²) in [5.74, 6) is 2.44. The second-order valence-electron chi connectivity index (χ2n) is 6.29. The van der Waals surface area contributed by atoms with Gasteiger partial charge in [-0.1, -0.05) is 13.8 Å². The second-order valence-corrected chi connectivity index (χ2v) is 6.29. The third kappa shape index (κ3) is 2.43. The lowest BCUT2D eigenvalue weighted by atomic mass is 9.87. The molecule has 0 saturated heterocycles. The molecule has 1 atom stereocenters. The van der Waals surface area contributed by atoms with Crippen LogP contribution in [0.5, 0.6) is 17.2 Å². The molecule has 0 saturated carbocycles. The van der Waals surface area contributed by atoms with Gasteiger partial charge in [0, 0.05) is 30.5 Å². The van der Waals surface area contributed by atoms with E-state index in [-0.39, 0.29) is 24.5 Å². The highest BCUT2D eigenvalue weighted by Gasteiger charge is 2.35. The van der Waals surface area contributed by atoms with E-state index in [1.165, 1.54) is 5.56 Å². The molecule has 2 aliphatic heterocycles. The summed E-state index contributed by atoms with van der Waals surface area (Å²) in [5.41, 5.74) is 2.27. The van der Waals surface area contributed by atoms with Crippen LogP contribution in [0.15, 0.2) is 6.07 Å². The molecule has 1 aromatic rings. The standard InChI is InChI=1S/C17H23NO4/c1-10(2)13(19)8-12-15-11(5-6-18(12)3)7-14-16(17(15)20-4)22-9-21-14/h7,10,12H,5-6,8-9H2,1-4H3/t12-/m1/s1. The zero-order valence-electron chi connectivity index (χ0n) is 13.6. The van der Waals surface area contributed by atoms with Gasteiger partial charge in [-0.2, -0.15) is 0 Å². The zero-order chi connectivity index (χ0) is 15.9. The first-order valence-corrected chi connectivity index (χ1v) is 7.75. The van der Waals surface area contributed by atoms with Crippen LogP contribution in [0, 0.1) is 5.92 Å². The number of nitrogens with zero attached hydrogens (tertiary/aromatic N) is 1. The van der Waals surface area contributed by atoms with Crippen LogP contribution in [0.25, 0.3) is 0 Å². The number of rotatable bonds is 4. The zero-order valence-corrected chi connectivity index (χ0v) is 13.6. The van der Waals surface area contributed by atoms with Crippen molar-refractivity contribution >= 4 is 5.78 Å². The highest BCUT2D eigenvalue weighted by atomic mass is 16.7. The van der Waals surface area contributed by atoms with E-state index in [4.69, 9.17) is 14.2 Å². The summed E-state index contributed by atoms with van der Waals surface area (Å²) in [6.07, 6.45) is 1.42. The van der Waals surface area contributed by atoms with Gasteiger partial charge in [0.25, 0.3) is 0 Å². The molecule has 2 aliphatic rings. The largest absolute Gasteiger partial charge is 0.492 e. The monoisotopic (exact) mass is 305 g/mol. The average molecular weight is 305 g/mol. The first-order chi connectivity index (χ1) is 10.5. The summed E-state index contributed by atoms with van der Waals surface area (Å²) in [7, 11) is 3.71. The first-order valence-electron chi connectivity index (χ1n) is 7.75. The van der Waals surface area contributed by atoms with E-state index in [2.05, 4.69) is 11.9 Å². The van der Waals surface area contributed by atoms with Crippen molar-refractivity contribution < 1.29 is 19.0 Å². The fraction of sp³-hybridized carbons (Fsp3) is 0.588. The van der Waals surface area contributed by atoms with Crippen molar-refractivity contribution in [1.29, 1.82) is 0 Å². The minimum Gasteiger partial charge on any atom is -0.492 e. The summed E-state index contributed by atoms with van der Waals surface area (Å²) in [6.45, 7) is 5.04. The third-order valence-electron chi connectivity index (χ3n) is 4.59. The van der Waals surface area contributed by atoms with Gasteiger partial charge >= 0.3 is 0 Å². The maximum atomic E-state index is 12.3. The Morgan fingerprint density at radius 3 is 2.91 bits per heavy atom. The minimum atomic E-state index is 0.0306. The fourth-order valence-corrected chi connectivity index (χ4v) is 3.21.